The maximum Gasteiger partial charge on any atom is 0.573 e. The van der Waals surface area contributed by atoms with Crippen molar-refractivity contribution in [1.82, 2.24) is 26.6 Å². The lowest BCUT2D eigenvalue weighted by molar-refractivity contribution is -0.274. The summed E-state index contributed by atoms with van der Waals surface area (Å²) in [6, 6.07) is 6.74. The molecule has 0 spiro atoms. The number of allylic oxidation sites excluding steroid dienone is 1. The number of hydrogen-bond acceptors (Lipinski definition) is 8. The van der Waals surface area contributed by atoms with Crippen molar-refractivity contribution >= 4 is 22.9 Å². The fraction of sp³-hybridized carbons (Fsp3) is 0.478. The first kappa shape index (κ1) is 25.5. The van der Waals surface area contributed by atoms with Crippen LogP contribution in [0, 0.1) is 0 Å². The fourth-order valence-corrected chi connectivity index (χ4v) is 4.98. The summed E-state index contributed by atoms with van der Waals surface area (Å²) in [6.07, 6.45) is 3.61. The lowest BCUT2D eigenvalue weighted by Crippen LogP contribution is -2.58. The van der Waals surface area contributed by atoms with Gasteiger partial charge < -0.3 is 15.4 Å². The van der Waals surface area contributed by atoms with Crippen LogP contribution in [0.1, 0.15) is 31.2 Å². The summed E-state index contributed by atoms with van der Waals surface area (Å²) in [5, 5.41) is 15.7. The Morgan fingerprint density at radius 1 is 1.09 bits per heavy atom. The third kappa shape index (κ3) is 7.99. The highest BCUT2D eigenvalue weighted by Crippen LogP contribution is 2.25. The smallest absolute Gasteiger partial charge is 0.406 e. The van der Waals surface area contributed by atoms with E-state index in [9.17, 15) is 22.8 Å². The zero-order valence-electron chi connectivity index (χ0n) is 18.9. The number of alkyl halides is 3. The van der Waals surface area contributed by atoms with Gasteiger partial charge in [0.05, 0.1) is 4.91 Å². The predicted molar refractivity (Wildman–Crippen MR) is 126 cm³/mol. The van der Waals surface area contributed by atoms with E-state index in [0.717, 1.165) is 61.7 Å². The first-order valence-electron chi connectivity index (χ1n) is 11.5. The van der Waals surface area contributed by atoms with Crippen LogP contribution in [0.4, 0.5) is 18.0 Å². The summed E-state index contributed by atoms with van der Waals surface area (Å²) in [6.45, 7) is 1.40. The van der Waals surface area contributed by atoms with E-state index in [1.165, 1.54) is 12.1 Å². The summed E-state index contributed by atoms with van der Waals surface area (Å²) in [5.41, 5.74) is 1.75. The first-order valence-corrected chi connectivity index (χ1v) is 12.3. The van der Waals surface area contributed by atoms with E-state index in [1.54, 1.807) is 18.2 Å². The number of nitrogens with one attached hydrogen (secondary N) is 5. The minimum absolute atomic E-state index is 0.129. The number of imide groups is 1. The van der Waals surface area contributed by atoms with Crippen molar-refractivity contribution in [1.29, 1.82) is 0 Å². The van der Waals surface area contributed by atoms with Gasteiger partial charge in [0.25, 0.3) is 11.1 Å². The van der Waals surface area contributed by atoms with Gasteiger partial charge in [0.2, 0.25) is 0 Å². The molecule has 0 bridgehead atoms. The Morgan fingerprint density at radius 2 is 1.80 bits per heavy atom. The molecule has 1 aliphatic carbocycles. The van der Waals surface area contributed by atoms with Crippen LogP contribution in [-0.2, 0) is 11.2 Å². The molecule has 12 heteroatoms. The number of hydrogen-bond donors (Lipinski definition) is 5. The second kappa shape index (κ2) is 11.5. The van der Waals surface area contributed by atoms with Gasteiger partial charge >= 0.3 is 6.36 Å². The van der Waals surface area contributed by atoms with E-state index >= 15 is 0 Å². The number of thioether (sulfide) groups is 1. The number of carbonyl (C=O) groups excluding carboxylic acids is 2. The van der Waals surface area contributed by atoms with Crippen LogP contribution in [0.5, 0.6) is 5.75 Å². The molecule has 190 valence electrons. The second-order valence-electron chi connectivity index (χ2n) is 8.61. The summed E-state index contributed by atoms with van der Waals surface area (Å²) >= 11 is 0.898. The van der Waals surface area contributed by atoms with Gasteiger partial charge in [-0.3, -0.25) is 25.5 Å². The van der Waals surface area contributed by atoms with E-state index in [2.05, 4.69) is 31.3 Å². The Balaban J connectivity index is 1.14. The average Bonchev–Trinajstić information content (AvgIpc) is 3.12. The van der Waals surface area contributed by atoms with Gasteiger partial charge in [-0.2, -0.15) is 0 Å². The molecule has 2 amide bonds. The molecule has 3 aliphatic rings. The molecule has 1 atom stereocenters. The van der Waals surface area contributed by atoms with Crippen molar-refractivity contribution in [3.05, 3.63) is 52.6 Å². The Hall–Kier alpha value is -2.54. The summed E-state index contributed by atoms with van der Waals surface area (Å²) in [7, 11) is 0. The van der Waals surface area contributed by atoms with Gasteiger partial charge in [-0.25, -0.2) is 0 Å². The molecular weight excluding hydrogens is 483 g/mol. The van der Waals surface area contributed by atoms with Crippen LogP contribution < -0.4 is 31.3 Å². The standard InChI is InChI=1S/C23H28F3N5O3S/c24-23(25,26)34-18-7-1-14(2-8-18)9-11-27-15-3-5-16(6-4-15)29-21-28-12-10-17(30-21)13-19-20(32)31-22(33)35-19/h1-2,7-8,10,13,15-16,21,27-30H,3-6,9,11-12H2,(H,31,32,33)/b19-13-/t15-,16-,21?. The minimum Gasteiger partial charge on any atom is -0.406 e. The molecule has 2 aliphatic heterocycles. The molecular formula is C23H28F3N5O3S. The molecule has 5 N–H and O–H groups in total. The lowest BCUT2D eigenvalue weighted by Gasteiger charge is -2.35. The molecule has 1 unspecified atom stereocenters. The third-order valence-electron chi connectivity index (χ3n) is 6.02. The minimum atomic E-state index is -4.68. The van der Waals surface area contributed by atoms with Gasteiger partial charge in [-0.05, 0) is 80.3 Å². The highest BCUT2D eigenvalue weighted by molar-refractivity contribution is 8.18. The van der Waals surface area contributed by atoms with Crippen molar-refractivity contribution in [3.8, 4) is 5.75 Å². The largest absolute Gasteiger partial charge is 0.573 e. The number of amides is 2. The van der Waals surface area contributed by atoms with E-state index in [-0.39, 0.29) is 23.2 Å². The quantitative estimate of drug-likeness (QED) is 0.340. The third-order valence-corrected chi connectivity index (χ3v) is 6.83. The van der Waals surface area contributed by atoms with Crippen molar-refractivity contribution in [2.24, 2.45) is 0 Å². The Bertz CT molecular complexity index is 976. The van der Waals surface area contributed by atoms with Gasteiger partial charge in [0.15, 0.2) is 0 Å². The number of benzene rings is 1. The predicted octanol–water partition coefficient (Wildman–Crippen LogP) is 2.85. The number of rotatable bonds is 8. The molecule has 1 aromatic rings. The van der Waals surface area contributed by atoms with Crippen molar-refractivity contribution in [2.45, 2.75) is 56.8 Å². The Labute approximate surface area is 205 Å². The van der Waals surface area contributed by atoms with Gasteiger partial charge in [-0.1, -0.05) is 12.1 Å². The topological polar surface area (TPSA) is 104 Å². The number of carbonyl (C=O) groups is 2. The van der Waals surface area contributed by atoms with Crippen LogP contribution >= 0.6 is 11.8 Å². The molecule has 1 saturated carbocycles. The average molecular weight is 512 g/mol. The Morgan fingerprint density at radius 3 is 2.46 bits per heavy atom. The van der Waals surface area contributed by atoms with E-state index < -0.39 is 6.36 Å². The summed E-state index contributed by atoms with van der Waals surface area (Å²) < 4.78 is 40.7. The molecule has 1 saturated heterocycles. The molecule has 4 rings (SSSR count). The van der Waals surface area contributed by atoms with E-state index in [1.807, 2.05) is 6.08 Å². The van der Waals surface area contributed by atoms with Crippen molar-refractivity contribution < 1.29 is 27.5 Å². The lowest BCUT2D eigenvalue weighted by atomic mass is 9.91. The molecule has 35 heavy (non-hydrogen) atoms. The SMILES string of the molecule is O=C1NC(=O)/C(=C/C2=CCNC(N[C@H]3CC[C@H](NCCc4ccc(OC(F)(F)F)cc4)CC3)N2)S1. The molecule has 2 fully saturated rings. The zero-order valence-corrected chi connectivity index (χ0v) is 19.7. The highest BCUT2D eigenvalue weighted by Gasteiger charge is 2.31. The number of ether oxygens (including phenoxy) is 1. The molecule has 8 nitrogen and oxygen atoms in total. The summed E-state index contributed by atoms with van der Waals surface area (Å²) in [4.78, 5) is 23.5. The van der Waals surface area contributed by atoms with Crippen LogP contribution in [0.2, 0.25) is 0 Å². The summed E-state index contributed by atoms with van der Waals surface area (Å²) in [5.74, 6) is -0.580. The monoisotopic (exact) mass is 511 g/mol. The normalized spacial score (nSPS) is 26.3. The fourth-order valence-electron chi connectivity index (χ4n) is 4.31. The second-order valence-corrected chi connectivity index (χ2v) is 9.62. The van der Waals surface area contributed by atoms with Crippen LogP contribution in [0.15, 0.2) is 47.0 Å². The van der Waals surface area contributed by atoms with Gasteiger partial charge in [0.1, 0.15) is 12.0 Å². The molecule has 0 aromatic heterocycles. The molecule has 1 aromatic carbocycles. The van der Waals surface area contributed by atoms with Gasteiger partial charge in [0, 0.05) is 24.3 Å². The molecule has 0 radical (unpaired) electrons. The maximum atomic E-state index is 12.3. The van der Waals surface area contributed by atoms with Crippen LogP contribution in [0.25, 0.3) is 0 Å². The highest BCUT2D eigenvalue weighted by atomic mass is 32.2. The zero-order chi connectivity index (χ0) is 24.8. The Kier molecular flexibility index (Phi) is 8.37. The molecule has 2 heterocycles. The van der Waals surface area contributed by atoms with Gasteiger partial charge in [-0.15, -0.1) is 13.2 Å². The van der Waals surface area contributed by atoms with Crippen LogP contribution in [-0.4, -0.2) is 49.0 Å². The number of halogens is 3. The van der Waals surface area contributed by atoms with E-state index in [0.29, 0.717) is 23.5 Å². The maximum absolute atomic E-state index is 12.3. The van der Waals surface area contributed by atoms with E-state index in [4.69, 9.17) is 0 Å². The van der Waals surface area contributed by atoms with Crippen LogP contribution in [0.3, 0.4) is 0 Å². The first-order chi connectivity index (χ1) is 16.7. The van der Waals surface area contributed by atoms with Crippen molar-refractivity contribution in [2.75, 3.05) is 13.1 Å². The van der Waals surface area contributed by atoms with Crippen molar-refractivity contribution in [3.63, 3.8) is 0 Å².